The van der Waals surface area contributed by atoms with Crippen LogP contribution in [0, 0.1) is 11.7 Å². The van der Waals surface area contributed by atoms with Crippen LogP contribution in [0.25, 0.3) is 11.1 Å². The van der Waals surface area contributed by atoms with Crippen LogP contribution in [0.4, 0.5) is 4.39 Å². The van der Waals surface area contributed by atoms with Crippen molar-refractivity contribution in [1.29, 1.82) is 0 Å². The number of nitrogens with zero attached hydrogens (tertiary/aromatic N) is 2. The van der Waals surface area contributed by atoms with Crippen molar-refractivity contribution >= 4 is 5.91 Å². The largest absolute Gasteiger partial charge is 0.472 e. The molecule has 31 heavy (non-hydrogen) atoms. The predicted octanol–water partition coefficient (Wildman–Crippen LogP) is 3.66. The SMILES string of the molecule is C[C@@](O)(Cc1nc(OCc2ccncc2)c(-c2ccc(F)cc2)cc1C(N)=O)C1CC1. The lowest BCUT2D eigenvalue weighted by molar-refractivity contribution is 0.0359. The third-order valence-electron chi connectivity index (χ3n) is 5.59. The van der Waals surface area contributed by atoms with Gasteiger partial charge in [0, 0.05) is 24.4 Å². The number of hydrogen-bond donors (Lipinski definition) is 2. The van der Waals surface area contributed by atoms with Crippen molar-refractivity contribution in [2.24, 2.45) is 11.7 Å². The van der Waals surface area contributed by atoms with Crippen molar-refractivity contribution in [3.05, 3.63) is 77.5 Å². The van der Waals surface area contributed by atoms with E-state index in [1.165, 1.54) is 12.1 Å². The Balaban J connectivity index is 1.76. The molecule has 0 spiro atoms. The summed E-state index contributed by atoms with van der Waals surface area (Å²) in [5.74, 6) is -0.552. The van der Waals surface area contributed by atoms with Crippen molar-refractivity contribution in [2.45, 2.75) is 38.4 Å². The van der Waals surface area contributed by atoms with Crippen LogP contribution in [0.3, 0.4) is 0 Å². The van der Waals surface area contributed by atoms with Gasteiger partial charge in [0.05, 0.1) is 16.9 Å². The van der Waals surface area contributed by atoms with Crippen molar-refractivity contribution in [3.8, 4) is 17.0 Å². The first-order valence-electron chi connectivity index (χ1n) is 10.2. The van der Waals surface area contributed by atoms with Crippen LogP contribution < -0.4 is 10.5 Å². The van der Waals surface area contributed by atoms with Gasteiger partial charge in [-0.05, 0) is 67.1 Å². The predicted molar refractivity (Wildman–Crippen MR) is 114 cm³/mol. The maximum Gasteiger partial charge on any atom is 0.250 e. The number of benzene rings is 1. The number of carbonyl (C=O) groups excluding carboxylic acids is 1. The summed E-state index contributed by atoms with van der Waals surface area (Å²) in [7, 11) is 0. The van der Waals surface area contributed by atoms with Crippen molar-refractivity contribution in [3.63, 3.8) is 0 Å². The van der Waals surface area contributed by atoms with Gasteiger partial charge in [-0.3, -0.25) is 9.78 Å². The third-order valence-corrected chi connectivity index (χ3v) is 5.59. The quantitative estimate of drug-likeness (QED) is 0.578. The molecule has 1 saturated carbocycles. The highest BCUT2D eigenvalue weighted by atomic mass is 19.1. The Labute approximate surface area is 179 Å². The summed E-state index contributed by atoms with van der Waals surface area (Å²) in [6, 6.07) is 11.1. The first-order valence-corrected chi connectivity index (χ1v) is 10.2. The Morgan fingerprint density at radius 3 is 2.52 bits per heavy atom. The smallest absolute Gasteiger partial charge is 0.250 e. The van der Waals surface area contributed by atoms with Crippen molar-refractivity contribution < 1.29 is 19.0 Å². The molecular formula is C24H24FN3O3. The number of halogens is 1. The molecule has 2 aromatic heterocycles. The molecule has 0 aliphatic heterocycles. The molecule has 1 aromatic carbocycles. The lowest BCUT2D eigenvalue weighted by Crippen LogP contribution is -2.32. The van der Waals surface area contributed by atoms with Gasteiger partial charge in [0.15, 0.2) is 0 Å². The molecule has 1 aliphatic rings. The molecule has 6 nitrogen and oxygen atoms in total. The standard InChI is InChI=1S/C24H24FN3O3/c1-24(30,17-4-5-17)13-21-20(22(26)29)12-19(16-2-6-18(25)7-3-16)23(28-21)31-14-15-8-10-27-11-9-15/h2-3,6-12,17,30H,4-5,13-14H2,1H3,(H2,26,29)/t24-/m1/s1. The molecule has 0 bridgehead atoms. The van der Waals surface area contributed by atoms with Crippen molar-refractivity contribution in [2.75, 3.05) is 0 Å². The number of aliphatic hydroxyl groups is 1. The van der Waals surface area contributed by atoms with E-state index in [4.69, 9.17) is 10.5 Å². The van der Waals surface area contributed by atoms with Gasteiger partial charge in [-0.1, -0.05) is 12.1 Å². The number of nitrogens with two attached hydrogens (primary N) is 1. The Kier molecular flexibility index (Phi) is 5.69. The highest BCUT2D eigenvalue weighted by Gasteiger charge is 2.41. The Hall–Kier alpha value is -3.32. The highest BCUT2D eigenvalue weighted by Crippen LogP contribution is 2.42. The average molecular weight is 421 g/mol. The maximum atomic E-state index is 13.5. The Bertz CT molecular complexity index is 1080. The second-order valence-corrected chi connectivity index (χ2v) is 8.16. The lowest BCUT2D eigenvalue weighted by atomic mass is 9.91. The Morgan fingerprint density at radius 2 is 1.90 bits per heavy atom. The van der Waals surface area contributed by atoms with Crippen LogP contribution in [-0.4, -0.2) is 26.6 Å². The molecule has 160 valence electrons. The van der Waals surface area contributed by atoms with Gasteiger partial charge in [0.2, 0.25) is 5.88 Å². The van der Waals surface area contributed by atoms with Crippen LogP contribution in [0.1, 0.15) is 41.4 Å². The summed E-state index contributed by atoms with van der Waals surface area (Å²) in [5.41, 5.74) is 7.32. The monoisotopic (exact) mass is 421 g/mol. The average Bonchev–Trinajstić information content (AvgIpc) is 3.59. The van der Waals surface area contributed by atoms with Crippen LogP contribution in [-0.2, 0) is 13.0 Å². The number of carbonyl (C=O) groups is 1. The topological polar surface area (TPSA) is 98.3 Å². The number of ether oxygens (including phenoxy) is 1. The summed E-state index contributed by atoms with van der Waals surface area (Å²) in [5, 5.41) is 10.8. The highest BCUT2D eigenvalue weighted by molar-refractivity contribution is 5.95. The molecule has 0 radical (unpaired) electrons. The zero-order chi connectivity index (χ0) is 22.0. The second kappa shape index (κ2) is 8.43. The summed E-state index contributed by atoms with van der Waals surface area (Å²) in [4.78, 5) is 20.8. The van der Waals surface area contributed by atoms with E-state index in [9.17, 15) is 14.3 Å². The van der Waals surface area contributed by atoms with Crippen LogP contribution in [0.15, 0.2) is 54.9 Å². The maximum absolute atomic E-state index is 13.5. The summed E-state index contributed by atoms with van der Waals surface area (Å²) >= 11 is 0. The van der Waals surface area contributed by atoms with E-state index in [2.05, 4.69) is 9.97 Å². The van der Waals surface area contributed by atoms with E-state index in [-0.39, 0.29) is 36.2 Å². The third kappa shape index (κ3) is 4.88. The fourth-order valence-electron chi connectivity index (χ4n) is 3.65. The molecule has 1 atom stereocenters. The van der Waals surface area contributed by atoms with E-state index in [0.29, 0.717) is 16.8 Å². The van der Waals surface area contributed by atoms with Gasteiger partial charge in [-0.2, -0.15) is 0 Å². The molecule has 1 aliphatic carbocycles. The van der Waals surface area contributed by atoms with Crippen molar-refractivity contribution in [1.82, 2.24) is 9.97 Å². The number of hydrogen-bond acceptors (Lipinski definition) is 5. The van der Waals surface area contributed by atoms with Gasteiger partial charge in [-0.25, -0.2) is 9.37 Å². The van der Waals surface area contributed by atoms with Crippen LogP contribution in [0.5, 0.6) is 5.88 Å². The molecule has 4 rings (SSSR count). The zero-order valence-electron chi connectivity index (χ0n) is 17.2. The number of pyridine rings is 2. The van der Waals surface area contributed by atoms with Gasteiger partial charge < -0.3 is 15.6 Å². The second-order valence-electron chi connectivity index (χ2n) is 8.16. The molecule has 0 unspecified atom stereocenters. The van der Waals surface area contributed by atoms with Crippen LogP contribution in [0.2, 0.25) is 0 Å². The zero-order valence-corrected chi connectivity index (χ0v) is 17.2. The number of aromatic nitrogens is 2. The van der Waals surface area contributed by atoms with Gasteiger partial charge in [0.25, 0.3) is 5.91 Å². The summed E-state index contributed by atoms with van der Waals surface area (Å²) < 4.78 is 19.5. The molecule has 3 aromatic rings. The summed E-state index contributed by atoms with van der Waals surface area (Å²) in [6.45, 7) is 1.99. The van der Waals surface area contributed by atoms with Gasteiger partial charge in [-0.15, -0.1) is 0 Å². The first-order chi connectivity index (χ1) is 14.8. The first kappa shape index (κ1) is 20.9. The minimum absolute atomic E-state index is 0.174. The van der Waals surface area contributed by atoms with Crippen LogP contribution >= 0.6 is 0 Å². The van der Waals surface area contributed by atoms with E-state index in [0.717, 1.165) is 18.4 Å². The van der Waals surface area contributed by atoms with E-state index in [1.54, 1.807) is 37.5 Å². The number of primary amides is 1. The molecule has 3 N–H and O–H groups in total. The molecule has 2 heterocycles. The summed E-state index contributed by atoms with van der Waals surface area (Å²) in [6.07, 6.45) is 5.41. The van der Waals surface area contributed by atoms with Gasteiger partial charge in [0.1, 0.15) is 12.4 Å². The molecule has 1 amide bonds. The molecular weight excluding hydrogens is 397 g/mol. The normalized spacial score (nSPS) is 15.3. The van der Waals surface area contributed by atoms with E-state index >= 15 is 0 Å². The minimum Gasteiger partial charge on any atom is -0.472 e. The number of amides is 1. The fourth-order valence-corrected chi connectivity index (χ4v) is 3.65. The molecule has 0 saturated heterocycles. The van der Waals surface area contributed by atoms with E-state index in [1.807, 2.05) is 12.1 Å². The van der Waals surface area contributed by atoms with E-state index < -0.39 is 11.5 Å². The number of rotatable bonds is 8. The van der Waals surface area contributed by atoms with Gasteiger partial charge >= 0.3 is 0 Å². The Morgan fingerprint density at radius 1 is 1.23 bits per heavy atom. The lowest BCUT2D eigenvalue weighted by Gasteiger charge is -2.24. The molecule has 1 fully saturated rings. The molecule has 7 heteroatoms. The minimum atomic E-state index is -0.989. The fraction of sp³-hybridized carbons (Fsp3) is 0.292.